The molecule has 1 saturated heterocycles. The molecule has 1 rings (SSSR count). The summed E-state index contributed by atoms with van der Waals surface area (Å²) in [4.78, 5) is 23.4. The molecule has 120 valence electrons. The van der Waals surface area contributed by atoms with Crippen molar-refractivity contribution < 1.29 is 24.2 Å². The predicted molar refractivity (Wildman–Crippen MR) is 78.5 cm³/mol. The van der Waals surface area contributed by atoms with E-state index >= 15 is 0 Å². The average molecular weight is 298 g/mol. The molecule has 1 fully saturated rings. The first-order valence-corrected chi connectivity index (χ1v) is 7.53. The third-order valence-electron chi connectivity index (χ3n) is 3.23. The van der Waals surface area contributed by atoms with Crippen LogP contribution in [0.3, 0.4) is 0 Å². The third-order valence-corrected chi connectivity index (χ3v) is 3.23. The SMILES string of the molecule is CC(C)C/C=C1/CC([C@H](CO)OC(=O)CC(C)C)OC1=O. The summed E-state index contributed by atoms with van der Waals surface area (Å²) < 4.78 is 10.4. The van der Waals surface area contributed by atoms with Crippen molar-refractivity contribution in [1.29, 1.82) is 0 Å². The van der Waals surface area contributed by atoms with Crippen LogP contribution >= 0.6 is 0 Å². The van der Waals surface area contributed by atoms with E-state index in [9.17, 15) is 14.7 Å². The molecule has 0 aromatic rings. The Morgan fingerprint density at radius 3 is 2.57 bits per heavy atom. The summed E-state index contributed by atoms with van der Waals surface area (Å²) in [5, 5.41) is 9.37. The highest BCUT2D eigenvalue weighted by Gasteiger charge is 2.36. The topological polar surface area (TPSA) is 72.8 Å². The van der Waals surface area contributed by atoms with Gasteiger partial charge in [-0.25, -0.2) is 4.79 Å². The lowest BCUT2D eigenvalue weighted by atomic mass is 10.0. The molecule has 0 aliphatic carbocycles. The molecule has 1 aliphatic rings. The van der Waals surface area contributed by atoms with Gasteiger partial charge >= 0.3 is 11.9 Å². The van der Waals surface area contributed by atoms with Crippen LogP contribution in [-0.2, 0) is 19.1 Å². The van der Waals surface area contributed by atoms with E-state index in [1.807, 2.05) is 19.9 Å². The zero-order valence-corrected chi connectivity index (χ0v) is 13.3. The van der Waals surface area contributed by atoms with Gasteiger partial charge in [0, 0.05) is 18.4 Å². The summed E-state index contributed by atoms with van der Waals surface area (Å²) in [7, 11) is 0. The Morgan fingerprint density at radius 2 is 2.05 bits per heavy atom. The second-order valence-corrected chi connectivity index (χ2v) is 6.32. The lowest BCUT2D eigenvalue weighted by Gasteiger charge is -2.20. The quantitative estimate of drug-likeness (QED) is 0.576. The van der Waals surface area contributed by atoms with Gasteiger partial charge in [-0.3, -0.25) is 4.79 Å². The molecular weight excluding hydrogens is 272 g/mol. The minimum absolute atomic E-state index is 0.185. The van der Waals surface area contributed by atoms with Crippen LogP contribution in [0.15, 0.2) is 11.6 Å². The number of hydrogen-bond acceptors (Lipinski definition) is 5. The first-order chi connectivity index (χ1) is 9.83. The summed E-state index contributed by atoms with van der Waals surface area (Å²) in [6.07, 6.45) is 1.96. The Kier molecular flexibility index (Phi) is 6.89. The number of esters is 2. The van der Waals surface area contributed by atoms with Gasteiger partial charge in [-0.2, -0.15) is 0 Å². The van der Waals surface area contributed by atoms with Crippen molar-refractivity contribution in [2.45, 2.75) is 59.2 Å². The molecule has 5 heteroatoms. The van der Waals surface area contributed by atoms with Crippen LogP contribution < -0.4 is 0 Å². The molecule has 0 spiro atoms. The molecule has 1 N–H and O–H groups in total. The molecule has 1 heterocycles. The molecule has 0 aromatic heterocycles. The van der Waals surface area contributed by atoms with Gasteiger partial charge in [0.2, 0.25) is 0 Å². The van der Waals surface area contributed by atoms with Crippen LogP contribution in [0.5, 0.6) is 0 Å². The van der Waals surface area contributed by atoms with Crippen molar-refractivity contribution in [2.75, 3.05) is 6.61 Å². The van der Waals surface area contributed by atoms with Crippen LogP contribution in [0.4, 0.5) is 0 Å². The van der Waals surface area contributed by atoms with Crippen LogP contribution in [0, 0.1) is 11.8 Å². The molecule has 0 bridgehead atoms. The van der Waals surface area contributed by atoms with Gasteiger partial charge in [-0.15, -0.1) is 0 Å². The average Bonchev–Trinajstić information content (AvgIpc) is 2.74. The van der Waals surface area contributed by atoms with E-state index in [0.29, 0.717) is 17.9 Å². The van der Waals surface area contributed by atoms with Gasteiger partial charge in [0.25, 0.3) is 0 Å². The standard InChI is InChI=1S/C16H26O5/c1-10(2)5-6-12-8-13(21-16(12)19)14(9-17)20-15(18)7-11(3)4/h6,10-11,13-14,17H,5,7-9H2,1-4H3/b12-6-/t13?,14-/m0/s1. The number of hydrogen-bond donors (Lipinski definition) is 1. The summed E-state index contributed by atoms with van der Waals surface area (Å²) in [6.45, 7) is 7.62. The second-order valence-electron chi connectivity index (χ2n) is 6.32. The number of carbonyl (C=O) groups excluding carboxylic acids is 2. The Labute approximate surface area is 126 Å². The first kappa shape index (κ1) is 17.7. The second kappa shape index (κ2) is 8.17. The summed E-state index contributed by atoms with van der Waals surface area (Å²) in [5.41, 5.74) is 0.604. The number of aliphatic hydroxyl groups is 1. The van der Waals surface area contributed by atoms with Crippen molar-refractivity contribution in [3.05, 3.63) is 11.6 Å². The number of ether oxygens (including phenoxy) is 2. The zero-order valence-electron chi connectivity index (χ0n) is 13.3. The fourth-order valence-electron chi connectivity index (χ4n) is 2.09. The van der Waals surface area contributed by atoms with E-state index in [1.54, 1.807) is 0 Å². The van der Waals surface area contributed by atoms with Crippen LogP contribution in [0.25, 0.3) is 0 Å². The smallest absolute Gasteiger partial charge is 0.334 e. The van der Waals surface area contributed by atoms with Gasteiger partial charge in [0.1, 0.15) is 6.10 Å². The first-order valence-electron chi connectivity index (χ1n) is 7.53. The molecule has 1 unspecified atom stereocenters. The monoisotopic (exact) mass is 298 g/mol. The Morgan fingerprint density at radius 1 is 1.38 bits per heavy atom. The lowest BCUT2D eigenvalue weighted by Crippen LogP contribution is -2.34. The highest BCUT2D eigenvalue weighted by molar-refractivity contribution is 5.90. The maximum absolute atomic E-state index is 11.8. The van der Waals surface area contributed by atoms with E-state index in [-0.39, 0.29) is 30.9 Å². The molecule has 0 radical (unpaired) electrons. The highest BCUT2D eigenvalue weighted by Crippen LogP contribution is 2.25. The van der Waals surface area contributed by atoms with Gasteiger partial charge in [0.05, 0.1) is 6.61 Å². The minimum Gasteiger partial charge on any atom is -0.456 e. The number of carbonyl (C=O) groups is 2. The van der Waals surface area contributed by atoms with Crippen molar-refractivity contribution in [2.24, 2.45) is 11.8 Å². The number of aliphatic hydroxyl groups excluding tert-OH is 1. The van der Waals surface area contributed by atoms with Gasteiger partial charge < -0.3 is 14.6 Å². The maximum atomic E-state index is 11.8. The van der Waals surface area contributed by atoms with Crippen LogP contribution in [0.2, 0.25) is 0 Å². The molecule has 0 amide bonds. The largest absolute Gasteiger partial charge is 0.456 e. The molecule has 2 atom stereocenters. The predicted octanol–water partition coefficient (Wildman–Crippen LogP) is 2.22. The van der Waals surface area contributed by atoms with Gasteiger partial charge in [-0.1, -0.05) is 33.8 Å². The molecule has 0 aromatic carbocycles. The summed E-state index contributed by atoms with van der Waals surface area (Å²) >= 11 is 0. The fraction of sp³-hybridized carbons (Fsp3) is 0.750. The molecule has 5 nitrogen and oxygen atoms in total. The van der Waals surface area contributed by atoms with Crippen molar-refractivity contribution in [1.82, 2.24) is 0 Å². The van der Waals surface area contributed by atoms with E-state index in [4.69, 9.17) is 9.47 Å². The van der Waals surface area contributed by atoms with E-state index in [0.717, 1.165) is 6.42 Å². The fourth-order valence-corrected chi connectivity index (χ4v) is 2.09. The zero-order chi connectivity index (χ0) is 16.0. The summed E-state index contributed by atoms with van der Waals surface area (Å²) in [5.74, 6) is -0.106. The Balaban J connectivity index is 2.61. The molecule has 1 aliphatic heterocycles. The third kappa shape index (κ3) is 5.87. The van der Waals surface area contributed by atoms with Gasteiger partial charge in [0.15, 0.2) is 6.10 Å². The van der Waals surface area contributed by atoms with E-state index in [1.165, 1.54) is 0 Å². The lowest BCUT2D eigenvalue weighted by molar-refractivity contribution is -0.164. The van der Waals surface area contributed by atoms with Gasteiger partial charge in [-0.05, 0) is 18.3 Å². The highest BCUT2D eigenvalue weighted by atomic mass is 16.6. The van der Waals surface area contributed by atoms with Crippen molar-refractivity contribution in [3.63, 3.8) is 0 Å². The maximum Gasteiger partial charge on any atom is 0.334 e. The van der Waals surface area contributed by atoms with Crippen molar-refractivity contribution in [3.8, 4) is 0 Å². The summed E-state index contributed by atoms with van der Waals surface area (Å²) in [6, 6.07) is 0. The van der Waals surface area contributed by atoms with Crippen LogP contribution in [0.1, 0.15) is 47.0 Å². The Hall–Kier alpha value is -1.36. The number of allylic oxidation sites excluding steroid dienone is 1. The Bertz CT molecular complexity index is 397. The van der Waals surface area contributed by atoms with Crippen molar-refractivity contribution >= 4 is 11.9 Å². The normalized spacial score (nSPS) is 22.0. The minimum atomic E-state index is -0.787. The van der Waals surface area contributed by atoms with E-state index < -0.39 is 12.2 Å². The molecular formula is C16H26O5. The molecule has 0 saturated carbocycles. The molecule has 21 heavy (non-hydrogen) atoms. The van der Waals surface area contributed by atoms with Crippen LogP contribution in [-0.4, -0.2) is 35.9 Å². The number of cyclic esters (lactones) is 1. The number of rotatable bonds is 7. The van der Waals surface area contributed by atoms with E-state index in [2.05, 4.69) is 13.8 Å².